The van der Waals surface area contributed by atoms with Gasteiger partial charge in [0.1, 0.15) is 11.4 Å². The van der Waals surface area contributed by atoms with Gasteiger partial charge in [0.15, 0.2) is 0 Å². The maximum atomic E-state index is 11.1. The van der Waals surface area contributed by atoms with E-state index in [1.54, 1.807) is 7.11 Å². The lowest BCUT2D eigenvalue weighted by Crippen LogP contribution is -2.54. The van der Waals surface area contributed by atoms with E-state index in [4.69, 9.17) is 4.74 Å². The van der Waals surface area contributed by atoms with E-state index < -0.39 is 11.8 Å². The van der Waals surface area contributed by atoms with Gasteiger partial charge in [-0.25, -0.2) is 0 Å². The molecule has 0 bridgehead atoms. The highest BCUT2D eigenvalue weighted by Crippen LogP contribution is 2.40. The first-order chi connectivity index (χ1) is 13.9. The highest BCUT2D eigenvalue weighted by atomic mass is 79.9. The number of halogens is 2. The van der Waals surface area contributed by atoms with Crippen molar-refractivity contribution in [3.8, 4) is 5.75 Å². The van der Waals surface area contributed by atoms with Crippen molar-refractivity contribution in [3.05, 3.63) is 75.2 Å². The Bertz CT molecular complexity index is 1140. The van der Waals surface area contributed by atoms with Crippen LogP contribution in [0.15, 0.2) is 69.6 Å². The summed E-state index contributed by atoms with van der Waals surface area (Å²) in [5.74, 6) is 0.744. The highest BCUT2D eigenvalue weighted by molar-refractivity contribution is 9.10. The normalized spacial score (nSPS) is 14.8. The Labute approximate surface area is 186 Å². The topological polar surface area (TPSA) is 46.4 Å². The fourth-order valence-corrected chi connectivity index (χ4v) is 4.95. The molecule has 2 N–H and O–H groups in total. The third-order valence-corrected chi connectivity index (χ3v) is 6.52. The van der Waals surface area contributed by atoms with E-state index >= 15 is 0 Å². The second-order valence-electron chi connectivity index (χ2n) is 7.08. The zero-order valence-electron chi connectivity index (χ0n) is 16.4. The van der Waals surface area contributed by atoms with Gasteiger partial charge in [-0.05, 0) is 68.1 Å². The van der Waals surface area contributed by atoms with Gasteiger partial charge in [0, 0.05) is 19.7 Å². The van der Waals surface area contributed by atoms with Crippen LogP contribution in [-0.4, -0.2) is 29.9 Å². The number of aliphatic hydroxyl groups excluding tert-OH is 1. The lowest BCUT2D eigenvalue weighted by Gasteiger charge is -2.40. The number of ether oxygens (including phenoxy) is 1. The number of nitrogens with zero attached hydrogens (tertiary/aromatic N) is 1. The second kappa shape index (κ2) is 7.76. The lowest BCUT2D eigenvalue weighted by molar-refractivity contribution is 0.0619. The number of nitrogens with one attached hydrogen (secondary N) is 1. The van der Waals surface area contributed by atoms with Crippen LogP contribution >= 0.6 is 31.9 Å². The number of aromatic nitrogens is 1. The van der Waals surface area contributed by atoms with E-state index in [-0.39, 0.29) is 0 Å². The van der Waals surface area contributed by atoms with Crippen molar-refractivity contribution in [1.82, 2.24) is 9.88 Å². The first kappa shape index (κ1) is 20.4. The summed E-state index contributed by atoms with van der Waals surface area (Å²) >= 11 is 7.21. The molecule has 0 aliphatic rings. The van der Waals surface area contributed by atoms with E-state index in [9.17, 15) is 5.11 Å². The van der Waals surface area contributed by atoms with Crippen molar-refractivity contribution >= 4 is 53.7 Å². The number of hydrogen-bond acceptors (Lipinski definition) is 3. The molecule has 0 aliphatic carbocycles. The van der Waals surface area contributed by atoms with Crippen molar-refractivity contribution in [2.45, 2.75) is 18.7 Å². The molecule has 1 aromatic heterocycles. The molecule has 0 spiro atoms. The number of methoxy groups -OCH3 is 1. The summed E-state index contributed by atoms with van der Waals surface area (Å²) in [6.07, 6.45) is -0.731. The molecule has 29 heavy (non-hydrogen) atoms. The van der Waals surface area contributed by atoms with Crippen molar-refractivity contribution < 1.29 is 9.84 Å². The molecule has 150 valence electrons. The molecule has 0 fully saturated rings. The number of aliphatic hydroxyl groups is 1. The van der Waals surface area contributed by atoms with Crippen LogP contribution in [0.5, 0.6) is 5.75 Å². The molecule has 3 aromatic carbocycles. The summed E-state index contributed by atoms with van der Waals surface area (Å²) < 4.78 is 9.68. The standard InChI is InChI=1S/C23H22Br2N2O2/c1-14(28)23(26-2,15-5-4-6-18(11-15)29-3)27-21-9-7-16(24)12-19(21)20-13-17(25)8-10-22(20)27/h4-14,26,28H,1-3H3. The summed E-state index contributed by atoms with van der Waals surface area (Å²) in [4.78, 5) is 0. The average molecular weight is 518 g/mol. The zero-order valence-corrected chi connectivity index (χ0v) is 19.6. The maximum Gasteiger partial charge on any atom is 0.148 e. The predicted octanol–water partition coefficient (Wildman–Crippen LogP) is 5.63. The molecule has 2 atom stereocenters. The summed E-state index contributed by atoms with van der Waals surface area (Å²) in [5.41, 5.74) is 2.08. The van der Waals surface area contributed by atoms with Crippen LogP contribution < -0.4 is 10.1 Å². The minimum atomic E-state index is -0.893. The molecular weight excluding hydrogens is 496 g/mol. The molecule has 4 aromatic rings. The molecule has 0 aliphatic heterocycles. The Morgan fingerprint density at radius 1 is 0.966 bits per heavy atom. The number of fused-ring (bicyclic) bond motifs is 3. The average Bonchev–Trinajstić information content (AvgIpc) is 3.02. The minimum absolute atomic E-state index is 0.731. The fourth-order valence-electron chi connectivity index (χ4n) is 4.23. The predicted molar refractivity (Wildman–Crippen MR) is 126 cm³/mol. The zero-order chi connectivity index (χ0) is 20.8. The smallest absolute Gasteiger partial charge is 0.148 e. The van der Waals surface area contributed by atoms with Gasteiger partial charge in [0.2, 0.25) is 0 Å². The van der Waals surface area contributed by atoms with E-state index in [2.05, 4.69) is 66.0 Å². The van der Waals surface area contributed by atoms with E-state index in [1.807, 2.05) is 50.4 Å². The Balaban J connectivity index is 2.18. The van der Waals surface area contributed by atoms with Crippen LogP contribution in [0.25, 0.3) is 21.8 Å². The van der Waals surface area contributed by atoms with Crippen molar-refractivity contribution in [3.63, 3.8) is 0 Å². The van der Waals surface area contributed by atoms with Crippen molar-refractivity contribution in [2.75, 3.05) is 14.2 Å². The van der Waals surface area contributed by atoms with Crippen LogP contribution in [-0.2, 0) is 5.66 Å². The Hall–Kier alpha value is -1.86. The van der Waals surface area contributed by atoms with Crippen molar-refractivity contribution in [2.24, 2.45) is 0 Å². The summed E-state index contributed by atoms with van der Waals surface area (Å²) in [6.45, 7) is 1.81. The van der Waals surface area contributed by atoms with Gasteiger partial charge in [-0.1, -0.05) is 44.0 Å². The number of likely N-dealkylation sites (N-methyl/N-ethyl adjacent to an activating group) is 1. The molecular formula is C23H22Br2N2O2. The van der Waals surface area contributed by atoms with Gasteiger partial charge in [0.25, 0.3) is 0 Å². The monoisotopic (exact) mass is 516 g/mol. The summed E-state index contributed by atoms with van der Waals surface area (Å²) in [6, 6.07) is 20.3. The maximum absolute atomic E-state index is 11.1. The number of hydrogen-bond donors (Lipinski definition) is 2. The number of rotatable bonds is 5. The lowest BCUT2D eigenvalue weighted by atomic mass is 9.92. The largest absolute Gasteiger partial charge is 0.497 e. The van der Waals surface area contributed by atoms with Gasteiger partial charge in [-0.3, -0.25) is 5.32 Å². The Kier molecular flexibility index (Phi) is 5.46. The molecule has 1 heterocycles. The van der Waals surface area contributed by atoms with E-state index in [0.717, 1.165) is 42.1 Å². The van der Waals surface area contributed by atoms with E-state index in [0.29, 0.717) is 0 Å². The van der Waals surface area contributed by atoms with Crippen LogP contribution in [0.3, 0.4) is 0 Å². The Morgan fingerprint density at radius 3 is 2.03 bits per heavy atom. The first-order valence-electron chi connectivity index (χ1n) is 9.33. The van der Waals surface area contributed by atoms with Crippen LogP contribution in [0.4, 0.5) is 0 Å². The SMILES string of the molecule is CNC(c1cccc(OC)c1)(C(C)O)n1c2ccc(Br)cc2c2cc(Br)ccc21. The molecule has 2 unspecified atom stereocenters. The van der Waals surface area contributed by atoms with Gasteiger partial charge in [-0.15, -0.1) is 0 Å². The van der Waals surface area contributed by atoms with Gasteiger partial charge >= 0.3 is 0 Å². The highest BCUT2D eigenvalue weighted by Gasteiger charge is 2.40. The molecule has 0 saturated carbocycles. The van der Waals surface area contributed by atoms with Crippen LogP contribution in [0.2, 0.25) is 0 Å². The summed E-state index contributed by atoms with van der Waals surface area (Å²) in [5, 5.41) is 16.8. The van der Waals surface area contributed by atoms with E-state index in [1.165, 1.54) is 0 Å². The second-order valence-corrected chi connectivity index (χ2v) is 8.91. The number of benzene rings is 3. The van der Waals surface area contributed by atoms with Crippen LogP contribution in [0.1, 0.15) is 12.5 Å². The first-order valence-corrected chi connectivity index (χ1v) is 10.9. The third-order valence-electron chi connectivity index (χ3n) is 5.54. The molecule has 4 nitrogen and oxygen atoms in total. The molecule has 0 amide bonds. The minimum Gasteiger partial charge on any atom is -0.497 e. The third kappa shape index (κ3) is 3.19. The Morgan fingerprint density at radius 2 is 1.55 bits per heavy atom. The fraction of sp³-hybridized carbons (Fsp3) is 0.217. The van der Waals surface area contributed by atoms with Gasteiger partial charge in [0.05, 0.1) is 24.2 Å². The molecule has 6 heteroatoms. The van der Waals surface area contributed by atoms with Gasteiger partial charge < -0.3 is 14.4 Å². The molecule has 0 radical (unpaired) electrons. The quantitative estimate of drug-likeness (QED) is 0.360. The van der Waals surface area contributed by atoms with Gasteiger partial charge in [-0.2, -0.15) is 0 Å². The van der Waals surface area contributed by atoms with Crippen LogP contribution in [0, 0.1) is 0 Å². The molecule has 0 saturated heterocycles. The van der Waals surface area contributed by atoms with Crippen molar-refractivity contribution in [1.29, 1.82) is 0 Å². The summed E-state index contributed by atoms with van der Waals surface area (Å²) in [7, 11) is 3.53. The molecule has 4 rings (SSSR count).